The summed E-state index contributed by atoms with van der Waals surface area (Å²) in [5.41, 5.74) is 5.35. The Morgan fingerprint density at radius 1 is 0.905 bits per heavy atom. The molecule has 0 aliphatic rings. The summed E-state index contributed by atoms with van der Waals surface area (Å²) in [6.45, 7) is 3.01. The van der Waals surface area contributed by atoms with Crippen molar-refractivity contribution in [3.05, 3.63) is 102 Å². The smallest absolute Gasteiger partial charge is 0.238 e. The third kappa shape index (κ3) is 7.74. The number of methoxy groups -OCH3 is 1. The molecule has 3 N–H and O–H groups in total. The summed E-state index contributed by atoms with van der Waals surface area (Å²) >= 11 is 1.39. The average Bonchev–Trinajstić information content (AvgIpc) is 3.00. The van der Waals surface area contributed by atoms with Gasteiger partial charge in [0.05, 0.1) is 24.7 Å². The van der Waals surface area contributed by atoms with E-state index in [9.17, 15) is 4.79 Å². The minimum Gasteiger partial charge on any atom is -0.497 e. The van der Waals surface area contributed by atoms with Gasteiger partial charge in [-0.1, -0.05) is 31.2 Å². The Hall–Kier alpha value is -4.67. The maximum atomic E-state index is 12.7. The first-order chi connectivity index (χ1) is 20.5. The van der Waals surface area contributed by atoms with Gasteiger partial charge in [-0.25, -0.2) is 9.97 Å². The molecule has 0 bridgehead atoms. The van der Waals surface area contributed by atoms with Gasteiger partial charge in [-0.05, 0) is 85.1 Å². The van der Waals surface area contributed by atoms with Gasteiger partial charge in [0.1, 0.15) is 5.75 Å². The van der Waals surface area contributed by atoms with Crippen LogP contribution >= 0.6 is 11.9 Å². The van der Waals surface area contributed by atoms with Crippen LogP contribution in [0.4, 0.5) is 23.0 Å². The second kappa shape index (κ2) is 13.8. The van der Waals surface area contributed by atoms with Crippen molar-refractivity contribution in [3.63, 3.8) is 0 Å². The zero-order valence-electron chi connectivity index (χ0n) is 23.8. The molecule has 42 heavy (non-hydrogen) atoms. The Bertz CT molecular complexity index is 1640. The number of para-hydroxylation sites is 2. The summed E-state index contributed by atoms with van der Waals surface area (Å²) < 4.78 is 8.86. The van der Waals surface area contributed by atoms with Crippen LogP contribution in [0, 0.1) is 0 Å². The number of benzene rings is 3. The van der Waals surface area contributed by atoms with Crippen molar-refractivity contribution in [1.29, 1.82) is 0 Å². The molecule has 0 radical (unpaired) electrons. The van der Waals surface area contributed by atoms with Gasteiger partial charge in [0.2, 0.25) is 5.91 Å². The highest BCUT2D eigenvalue weighted by atomic mass is 32.2. The van der Waals surface area contributed by atoms with E-state index in [0.717, 1.165) is 44.9 Å². The summed E-state index contributed by atoms with van der Waals surface area (Å²) in [5, 5.41) is 6.43. The number of nitrogens with one attached hydrogen (secondary N) is 3. The number of ether oxygens (including phenoxy) is 1. The first-order valence-electron chi connectivity index (χ1n) is 13.6. The molecule has 5 aromatic rings. The first kappa shape index (κ1) is 28.8. The Labute approximate surface area is 249 Å². The number of fused-ring (bicyclic) bond motifs is 1. The SMILES string of the molecule is CCc1cc(Nc2nc3ccccc3nc2NSc2cccc(NC(=O)CN(C)Cc3cccnc3)c2)cc(OC)c1. The van der Waals surface area contributed by atoms with Crippen LogP contribution in [0.25, 0.3) is 11.0 Å². The summed E-state index contributed by atoms with van der Waals surface area (Å²) in [6.07, 6.45) is 4.43. The number of aryl methyl sites for hydroxylation is 1. The van der Waals surface area contributed by atoms with Crippen molar-refractivity contribution in [2.45, 2.75) is 24.8 Å². The number of nitrogens with zero attached hydrogens (tertiary/aromatic N) is 4. The van der Waals surface area contributed by atoms with Crippen LogP contribution in [0.2, 0.25) is 0 Å². The van der Waals surface area contributed by atoms with E-state index in [0.29, 0.717) is 23.9 Å². The highest BCUT2D eigenvalue weighted by Crippen LogP contribution is 2.31. The minimum atomic E-state index is -0.0897. The summed E-state index contributed by atoms with van der Waals surface area (Å²) in [4.78, 5) is 29.4. The van der Waals surface area contributed by atoms with Crippen LogP contribution in [0.1, 0.15) is 18.1 Å². The van der Waals surface area contributed by atoms with Gasteiger partial charge in [-0.3, -0.25) is 14.7 Å². The Morgan fingerprint density at radius 3 is 2.45 bits per heavy atom. The molecule has 0 unspecified atom stereocenters. The van der Waals surface area contributed by atoms with Gasteiger partial charge in [0, 0.05) is 41.3 Å². The molecule has 5 rings (SSSR count). The number of aromatic nitrogens is 3. The molecule has 0 spiro atoms. The molecule has 1 amide bonds. The van der Waals surface area contributed by atoms with Crippen LogP contribution in [0.3, 0.4) is 0 Å². The van der Waals surface area contributed by atoms with E-state index in [-0.39, 0.29) is 12.5 Å². The van der Waals surface area contributed by atoms with Crippen molar-refractivity contribution in [3.8, 4) is 5.75 Å². The highest BCUT2D eigenvalue weighted by molar-refractivity contribution is 8.00. The Balaban J connectivity index is 1.28. The number of likely N-dealkylation sites (N-methyl/N-ethyl adjacent to an activating group) is 1. The fourth-order valence-electron chi connectivity index (χ4n) is 4.40. The van der Waals surface area contributed by atoms with E-state index >= 15 is 0 Å². The molecule has 0 atom stereocenters. The lowest BCUT2D eigenvalue weighted by Crippen LogP contribution is -2.29. The summed E-state index contributed by atoms with van der Waals surface area (Å²) in [5.74, 6) is 1.87. The molecular formula is C32H33N7O2S. The predicted molar refractivity (Wildman–Crippen MR) is 170 cm³/mol. The number of carbonyl (C=O) groups is 1. The standard InChI is InChI=1S/C32H33N7O2S/c1-4-22-15-25(17-26(16-22)41-3)35-31-32(37-29-13-6-5-12-28(29)36-31)38-42-27-11-7-10-24(18-27)34-30(40)21-39(2)20-23-9-8-14-33-19-23/h5-19H,4,20-21H2,1-3H3,(H,34,40)(H,35,36)(H,37,38). The number of pyridine rings is 1. The molecule has 214 valence electrons. The number of hydrogen-bond acceptors (Lipinski definition) is 9. The number of rotatable bonds is 12. The van der Waals surface area contributed by atoms with Gasteiger partial charge < -0.3 is 20.1 Å². The van der Waals surface area contributed by atoms with Crippen molar-refractivity contribution in [2.75, 3.05) is 36.1 Å². The topological polar surface area (TPSA) is 104 Å². The second-order valence-corrected chi connectivity index (χ2v) is 10.7. The summed E-state index contributed by atoms with van der Waals surface area (Å²) in [7, 11) is 3.57. The maximum Gasteiger partial charge on any atom is 0.238 e. The predicted octanol–water partition coefficient (Wildman–Crippen LogP) is 6.53. The fourth-order valence-corrected chi connectivity index (χ4v) is 5.09. The Morgan fingerprint density at radius 2 is 1.71 bits per heavy atom. The highest BCUT2D eigenvalue weighted by Gasteiger charge is 2.12. The fraction of sp³-hybridized carbons (Fsp3) is 0.188. The van der Waals surface area contributed by atoms with Crippen molar-refractivity contribution in [2.24, 2.45) is 0 Å². The normalized spacial score (nSPS) is 11.0. The Kier molecular flexibility index (Phi) is 9.48. The molecule has 10 heteroatoms. The maximum absolute atomic E-state index is 12.7. The van der Waals surface area contributed by atoms with E-state index < -0.39 is 0 Å². The lowest BCUT2D eigenvalue weighted by Gasteiger charge is -2.16. The second-order valence-electron chi connectivity index (χ2n) is 9.77. The molecule has 0 saturated heterocycles. The minimum absolute atomic E-state index is 0.0897. The van der Waals surface area contributed by atoms with Gasteiger partial charge in [-0.15, -0.1) is 0 Å². The molecule has 9 nitrogen and oxygen atoms in total. The lowest BCUT2D eigenvalue weighted by atomic mass is 10.1. The van der Waals surface area contributed by atoms with Crippen molar-refractivity contribution >= 4 is 51.9 Å². The van der Waals surface area contributed by atoms with E-state index in [2.05, 4.69) is 33.3 Å². The zero-order valence-corrected chi connectivity index (χ0v) is 24.6. The third-order valence-corrected chi connectivity index (χ3v) is 7.20. The van der Waals surface area contributed by atoms with Crippen LogP contribution in [-0.2, 0) is 17.8 Å². The van der Waals surface area contributed by atoms with Gasteiger partial charge in [-0.2, -0.15) is 0 Å². The first-order valence-corrected chi connectivity index (χ1v) is 14.4. The van der Waals surface area contributed by atoms with Crippen LogP contribution in [0.5, 0.6) is 5.75 Å². The summed E-state index contributed by atoms with van der Waals surface area (Å²) in [6, 6.07) is 25.4. The molecule has 0 fully saturated rings. The molecule has 0 aliphatic carbocycles. The quantitative estimate of drug-likeness (QED) is 0.142. The average molecular weight is 580 g/mol. The van der Waals surface area contributed by atoms with Crippen LogP contribution < -0.4 is 20.1 Å². The van der Waals surface area contributed by atoms with E-state index in [1.807, 2.05) is 90.9 Å². The molecule has 0 saturated carbocycles. The van der Waals surface area contributed by atoms with E-state index in [1.165, 1.54) is 11.9 Å². The lowest BCUT2D eigenvalue weighted by molar-refractivity contribution is -0.117. The molecule has 2 heterocycles. The van der Waals surface area contributed by atoms with Crippen LogP contribution in [0.15, 0.2) is 96.2 Å². The van der Waals surface area contributed by atoms with E-state index in [1.54, 1.807) is 13.3 Å². The van der Waals surface area contributed by atoms with Crippen molar-refractivity contribution in [1.82, 2.24) is 19.9 Å². The molecular weight excluding hydrogens is 546 g/mol. The van der Waals surface area contributed by atoms with Gasteiger partial charge in [0.15, 0.2) is 11.6 Å². The van der Waals surface area contributed by atoms with Crippen LogP contribution in [-0.4, -0.2) is 46.5 Å². The number of carbonyl (C=O) groups excluding carboxylic acids is 1. The monoisotopic (exact) mass is 579 g/mol. The zero-order chi connectivity index (χ0) is 29.3. The third-order valence-electron chi connectivity index (χ3n) is 6.42. The molecule has 0 aliphatic heterocycles. The van der Waals surface area contributed by atoms with Gasteiger partial charge >= 0.3 is 0 Å². The molecule has 2 aromatic heterocycles. The number of anilines is 4. The number of amides is 1. The van der Waals surface area contributed by atoms with Gasteiger partial charge in [0.25, 0.3) is 0 Å². The molecule has 3 aromatic carbocycles. The van der Waals surface area contributed by atoms with Crippen molar-refractivity contribution < 1.29 is 9.53 Å². The largest absolute Gasteiger partial charge is 0.497 e. The number of hydrogen-bond donors (Lipinski definition) is 3. The van der Waals surface area contributed by atoms with E-state index in [4.69, 9.17) is 14.7 Å².